The summed E-state index contributed by atoms with van der Waals surface area (Å²) in [5.74, 6) is -4.06. The Morgan fingerprint density at radius 2 is 1.75 bits per heavy atom. The molecule has 1 saturated carbocycles. The van der Waals surface area contributed by atoms with Gasteiger partial charge < -0.3 is 4.74 Å². The van der Waals surface area contributed by atoms with Crippen molar-refractivity contribution in [3.8, 4) is 5.69 Å². The first kappa shape index (κ1) is 20.2. The molecule has 32 heavy (non-hydrogen) atoms. The van der Waals surface area contributed by atoms with Crippen molar-refractivity contribution in [2.75, 3.05) is 6.54 Å². The molecule has 2 fully saturated rings. The van der Waals surface area contributed by atoms with Gasteiger partial charge in [-0.2, -0.15) is 0 Å². The zero-order valence-electron chi connectivity index (χ0n) is 16.8. The number of hydrogen-bond acceptors (Lipinski definition) is 6. The lowest BCUT2D eigenvalue weighted by atomic mass is 9.82. The third kappa shape index (κ3) is 3.31. The molecule has 164 valence electrons. The number of hydrogen-bond donors (Lipinski definition) is 0. The molecule has 0 atom stereocenters. The maximum absolute atomic E-state index is 13.5. The molecule has 0 N–H and O–H groups in total. The molecule has 2 amide bonds. The van der Waals surface area contributed by atoms with Crippen molar-refractivity contribution in [2.24, 2.45) is 0 Å². The quantitative estimate of drug-likeness (QED) is 0.576. The van der Waals surface area contributed by atoms with Crippen LogP contribution >= 0.6 is 0 Å². The molecule has 3 heterocycles. The van der Waals surface area contributed by atoms with Gasteiger partial charge in [0, 0.05) is 43.1 Å². The lowest BCUT2D eigenvalue weighted by molar-refractivity contribution is -0.146. The van der Waals surface area contributed by atoms with E-state index >= 15 is 0 Å². The molecule has 1 saturated heterocycles. The Morgan fingerprint density at radius 1 is 1.03 bits per heavy atom. The van der Waals surface area contributed by atoms with Gasteiger partial charge in [0.2, 0.25) is 5.92 Å². The molecular formula is C22H18F2N4O4. The van der Waals surface area contributed by atoms with Crippen molar-refractivity contribution in [1.82, 2.24) is 19.4 Å². The van der Waals surface area contributed by atoms with E-state index in [2.05, 4.69) is 9.97 Å². The summed E-state index contributed by atoms with van der Waals surface area (Å²) in [6.45, 7) is -0.509. The molecule has 3 aromatic rings. The second-order valence-corrected chi connectivity index (χ2v) is 8.04. The van der Waals surface area contributed by atoms with E-state index in [1.807, 2.05) is 6.07 Å². The van der Waals surface area contributed by atoms with Gasteiger partial charge in [0.25, 0.3) is 5.91 Å². The number of aromatic nitrogens is 3. The smallest absolute Gasteiger partial charge is 0.418 e. The van der Waals surface area contributed by atoms with Crippen molar-refractivity contribution in [3.05, 3.63) is 54.5 Å². The Morgan fingerprint density at radius 3 is 2.47 bits per heavy atom. The van der Waals surface area contributed by atoms with Crippen LogP contribution in [0.15, 0.2) is 48.9 Å². The number of ketones is 1. The summed E-state index contributed by atoms with van der Waals surface area (Å²) in [5, 5.41) is 0. The minimum absolute atomic E-state index is 0.253. The van der Waals surface area contributed by atoms with E-state index in [1.54, 1.807) is 47.4 Å². The number of alkyl halides is 2. The highest BCUT2D eigenvalue weighted by Gasteiger charge is 2.58. The molecule has 1 spiro atoms. The summed E-state index contributed by atoms with van der Waals surface area (Å²) in [5.41, 5.74) is 0.844. The number of benzene rings is 1. The lowest BCUT2D eigenvalue weighted by Gasteiger charge is -2.33. The predicted molar refractivity (Wildman–Crippen MR) is 108 cm³/mol. The van der Waals surface area contributed by atoms with E-state index in [0.717, 1.165) is 11.2 Å². The summed E-state index contributed by atoms with van der Waals surface area (Å²) >= 11 is 0. The van der Waals surface area contributed by atoms with Gasteiger partial charge in [-0.15, -0.1) is 0 Å². The van der Waals surface area contributed by atoms with Crippen molar-refractivity contribution < 1.29 is 27.9 Å². The SMILES string of the molecule is O=C(CN1C(=O)OC2(CCC(F)(F)CC2)C1=O)c1ccc(-n2cnc3cccnc32)cc1. The van der Waals surface area contributed by atoms with E-state index in [-0.39, 0.29) is 12.8 Å². The Labute approximate surface area is 180 Å². The lowest BCUT2D eigenvalue weighted by Crippen LogP contribution is -2.47. The monoisotopic (exact) mass is 440 g/mol. The Hall–Kier alpha value is -3.69. The topological polar surface area (TPSA) is 94.4 Å². The third-order valence-corrected chi connectivity index (χ3v) is 6.00. The molecule has 0 radical (unpaired) electrons. The van der Waals surface area contributed by atoms with E-state index in [0.29, 0.717) is 16.1 Å². The zero-order valence-corrected chi connectivity index (χ0v) is 16.8. The van der Waals surface area contributed by atoms with Crippen molar-refractivity contribution in [2.45, 2.75) is 37.2 Å². The van der Waals surface area contributed by atoms with E-state index in [9.17, 15) is 23.2 Å². The fourth-order valence-electron chi connectivity index (χ4n) is 4.15. The molecule has 1 aliphatic carbocycles. The highest BCUT2D eigenvalue weighted by Crippen LogP contribution is 2.44. The van der Waals surface area contributed by atoms with Gasteiger partial charge in [-0.1, -0.05) is 0 Å². The highest BCUT2D eigenvalue weighted by atomic mass is 19.3. The summed E-state index contributed by atoms with van der Waals surface area (Å²) in [7, 11) is 0. The largest absolute Gasteiger partial charge is 0.432 e. The van der Waals surface area contributed by atoms with Crippen LogP contribution in [0.1, 0.15) is 36.0 Å². The minimum Gasteiger partial charge on any atom is -0.432 e. The number of carbonyl (C=O) groups is 3. The first-order valence-corrected chi connectivity index (χ1v) is 10.1. The second kappa shape index (κ2) is 7.18. The normalized spacial score (nSPS) is 19.5. The van der Waals surface area contributed by atoms with Crippen molar-refractivity contribution in [3.63, 3.8) is 0 Å². The number of imide groups is 1. The van der Waals surface area contributed by atoms with Gasteiger partial charge in [0.05, 0.1) is 6.54 Å². The summed E-state index contributed by atoms with van der Waals surface area (Å²) in [6, 6.07) is 10.2. The third-order valence-electron chi connectivity index (χ3n) is 6.00. The van der Waals surface area contributed by atoms with Crippen LogP contribution in [0.4, 0.5) is 13.6 Å². The summed E-state index contributed by atoms with van der Waals surface area (Å²) in [6.07, 6.45) is 0.736. The maximum Gasteiger partial charge on any atom is 0.418 e. The fourth-order valence-corrected chi connectivity index (χ4v) is 4.15. The van der Waals surface area contributed by atoms with Crippen LogP contribution in [0, 0.1) is 0 Å². The Balaban J connectivity index is 1.31. The van der Waals surface area contributed by atoms with Gasteiger partial charge in [0.1, 0.15) is 11.8 Å². The Bertz CT molecular complexity index is 1230. The average molecular weight is 440 g/mol. The van der Waals surface area contributed by atoms with Gasteiger partial charge in [0.15, 0.2) is 17.0 Å². The number of imidazole rings is 1. The van der Waals surface area contributed by atoms with Crippen molar-refractivity contribution >= 4 is 28.9 Å². The van der Waals surface area contributed by atoms with E-state index < -0.39 is 48.7 Å². The molecule has 10 heteroatoms. The zero-order chi connectivity index (χ0) is 22.5. The molecule has 0 unspecified atom stereocenters. The average Bonchev–Trinajstić information content (AvgIpc) is 3.31. The van der Waals surface area contributed by atoms with Gasteiger partial charge in [-0.3, -0.25) is 14.2 Å². The van der Waals surface area contributed by atoms with Crippen LogP contribution < -0.4 is 0 Å². The van der Waals surface area contributed by atoms with Gasteiger partial charge in [-0.05, 0) is 36.4 Å². The fraction of sp³-hybridized carbons (Fsp3) is 0.318. The molecule has 8 nitrogen and oxygen atoms in total. The molecule has 0 bridgehead atoms. The number of ether oxygens (including phenoxy) is 1. The van der Waals surface area contributed by atoms with Crippen molar-refractivity contribution in [1.29, 1.82) is 0 Å². The highest BCUT2D eigenvalue weighted by molar-refractivity contribution is 6.08. The number of rotatable bonds is 4. The molecule has 2 aliphatic rings. The van der Waals surface area contributed by atoms with Gasteiger partial charge in [-0.25, -0.2) is 28.4 Å². The molecular weight excluding hydrogens is 422 g/mol. The molecule has 1 aromatic carbocycles. The number of nitrogens with zero attached hydrogens (tertiary/aromatic N) is 4. The first-order valence-electron chi connectivity index (χ1n) is 10.1. The van der Waals surface area contributed by atoms with Crippen LogP contribution in [0.5, 0.6) is 0 Å². The predicted octanol–water partition coefficient (Wildman–Crippen LogP) is 3.53. The number of Topliss-reactive ketones (excluding diaryl/α,β-unsaturated/α-hetero) is 1. The second-order valence-electron chi connectivity index (χ2n) is 8.04. The summed E-state index contributed by atoms with van der Waals surface area (Å²) in [4.78, 5) is 47.0. The van der Waals surface area contributed by atoms with E-state index in [4.69, 9.17) is 4.74 Å². The number of carbonyl (C=O) groups excluding carboxylic acids is 3. The van der Waals surface area contributed by atoms with Crippen LogP contribution in [0.2, 0.25) is 0 Å². The molecule has 5 rings (SSSR count). The number of fused-ring (bicyclic) bond motifs is 1. The standard InChI is InChI=1S/C22H18F2N4O4/c23-22(24)9-7-21(8-10-22)19(30)27(20(31)32-21)12-17(29)14-3-5-15(6-4-14)28-13-26-16-2-1-11-25-18(16)28/h1-6,11,13H,7-10,12H2. The van der Waals surface area contributed by atoms with Gasteiger partial charge >= 0.3 is 6.09 Å². The van der Waals surface area contributed by atoms with E-state index in [1.165, 1.54) is 0 Å². The minimum atomic E-state index is -2.88. The number of pyridine rings is 1. The van der Waals surface area contributed by atoms with Crippen LogP contribution in [0.3, 0.4) is 0 Å². The first-order chi connectivity index (χ1) is 15.3. The molecule has 2 aromatic heterocycles. The van der Waals surface area contributed by atoms with Crippen LogP contribution in [0.25, 0.3) is 16.9 Å². The summed E-state index contributed by atoms with van der Waals surface area (Å²) < 4.78 is 33.9. The number of halogens is 2. The Kier molecular flexibility index (Phi) is 4.54. The van der Waals surface area contributed by atoms with Crippen LogP contribution in [-0.2, 0) is 9.53 Å². The maximum atomic E-state index is 13.5. The van der Waals surface area contributed by atoms with Crippen LogP contribution in [-0.4, -0.2) is 55.3 Å². The number of amides is 2. The molecule has 1 aliphatic heterocycles.